The second-order valence-electron chi connectivity index (χ2n) is 3.82. The first-order valence-corrected chi connectivity index (χ1v) is 4.93. The minimum absolute atomic E-state index is 0.472. The van der Waals surface area contributed by atoms with Crippen molar-refractivity contribution in [3.8, 4) is 5.82 Å². The first-order chi connectivity index (χ1) is 7.16. The number of nitrogens with two attached hydrogens (primary N) is 1. The highest BCUT2D eigenvalue weighted by Crippen LogP contribution is 2.15. The molecule has 78 valence electrons. The van der Waals surface area contributed by atoms with Gasteiger partial charge in [0.25, 0.3) is 0 Å². The summed E-state index contributed by atoms with van der Waals surface area (Å²) in [7, 11) is 0. The lowest BCUT2D eigenvalue weighted by molar-refractivity contribution is 0.839. The normalized spacial score (nSPS) is 10.9. The molecule has 2 rings (SSSR count). The van der Waals surface area contributed by atoms with Crippen molar-refractivity contribution in [1.29, 1.82) is 0 Å². The van der Waals surface area contributed by atoms with Gasteiger partial charge in [-0.3, -0.25) is 0 Å². The fourth-order valence-electron chi connectivity index (χ4n) is 1.32. The van der Waals surface area contributed by atoms with E-state index < -0.39 is 0 Å². The Morgan fingerprint density at radius 2 is 2.20 bits per heavy atom. The number of aromatic nitrogens is 3. The van der Waals surface area contributed by atoms with E-state index in [2.05, 4.69) is 23.9 Å². The SMILES string of the molecule is CC(C)c1cnn(-c2cc(N)ccn2)c1. The number of nitrogens with zero attached hydrogens (tertiary/aromatic N) is 3. The van der Waals surface area contributed by atoms with Gasteiger partial charge in [-0.15, -0.1) is 0 Å². The predicted molar refractivity (Wildman–Crippen MR) is 59.9 cm³/mol. The summed E-state index contributed by atoms with van der Waals surface area (Å²) in [6, 6.07) is 3.56. The standard InChI is InChI=1S/C11H14N4/c1-8(2)9-6-14-15(7-9)11-5-10(12)3-4-13-11/h3-8H,1-2H3,(H2,12,13). The van der Waals surface area contributed by atoms with Gasteiger partial charge in [-0.05, 0) is 17.5 Å². The summed E-state index contributed by atoms with van der Waals surface area (Å²) in [4.78, 5) is 4.20. The molecule has 15 heavy (non-hydrogen) atoms. The Morgan fingerprint density at radius 3 is 2.80 bits per heavy atom. The molecule has 0 unspecified atom stereocenters. The molecule has 0 atom stereocenters. The van der Waals surface area contributed by atoms with Crippen LogP contribution < -0.4 is 5.73 Å². The maximum atomic E-state index is 5.68. The first kappa shape index (κ1) is 9.71. The van der Waals surface area contributed by atoms with Crippen molar-refractivity contribution in [2.75, 3.05) is 5.73 Å². The average Bonchev–Trinajstić information content (AvgIpc) is 2.66. The van der Waals surface area contributed by atoms with Gasteiger partial charge in [-0.1, -0.05) is 13.8 Å². The van der Waals surface area contributed by atoms with Crippen LogP contribution in [0.15, 0.2) is 30.7 Å². The van der Waals surface area contributed by atoms with Gasteiger partial charge < -0.3 is 5.73 Å². The lowest BCUT2D eigenvalue weighted by atomic mass is 10.1. The molecule has 0 aromatic carbocycles. The summed E-state index contributed by atoms with van der Waals surface area (Å²) in [6.07, 6.45) is 5.52. The van der Waals surface area contributed by atoms with Crippen molar-refractivity contribution in [3.63, 3.8) is 0 Å². The molecule has 4 nitrogen and oxygen atoms in total. The minimum Gasteiger partial charge on any atom is -0.399 e. The van der Waals surface area contributed by atoms with Crippen LogP contribution in [0.2, 0.25) is 0 Å². The Hall–Kier alpha value is -1.84. The topological polar surface area (TPSA) is 56.7 Å². The van der Waals surface area contributed by atoms with Crippen LogP contribution in [0.25, 0.3) is 5.82 Å². The first-order valence-electron chi connectivity index (χ1n) is 4.93. The van der Waals surface area contributed by atoms with Crippen molar-refractivity contribution >= 4 is 5.69 Å². The van der Waals surface area contributed by atoms with Gasteiger partial charge >= 0.3 is 0 Å². The van der Waals surface area contributed by atoms with E-state index in [9.17, 15) is 0 Å². The fourth-order valence-corrected chi connectivity index (χ4v) is 1.32. The van der Waals surface area contributed by atoms with Crippen molar-refractivity contribution in [2.45, 2.75) is 19.8 Å². The van der Waals surface area contributed by atoms with Crippen LogP contribution in [0.5, 0.6) is 0 Å². The van der Waals surface area contributed by atoms with Crippen LogP contribution >= 0.6 is 0 Å². The largest absolute Gasteiger partial charge is 0.399 e. The summed E-state index contributed by atoms with van der Waals surface area (Å²) in [5, 5.41) is 4.25. The third kappa shape index (κ3) is 1.98. The highest BCUT2D eigenvalue weighted by molar-refractivity contribution is 5.42. The predicted octanol–water partition coefficient (Wildman–Crippen LogP) is 1.97. The van der Waals surface area contributed by atoms with Crippen LogP contribution in [0.1, 0.15) is 25.3 Å². The summed E-state index contributed by atoms with van der Waals surface area (Å²) >= 11 is 0. The second-order valence-corrected chi connectivity index (χ2v) is 3.82. The molecule has 2 aromatic rings. The summed E-state index contributed by atoms with van der Waals surface area (Å²) in [6.45, 7) is 4.27. The maximum Gasteiger partial charge on any atom is 0.155 e. The van der Waals surface area contributed by atoms with Gasteiger partial charge in [-0.2, -0.15) is 5.10 Å². The quantitative estimate of drug-likeness (QED) is 0.810. The molecule has 4 heteroatoms. The molecule has 2 heterocycles. The van der Waals surface area contributed by atoms with E-state index in [1.54, 1.807) is 23.0 Å². The molecule has 0 fully saturated rings. The monoisotopic (exact) mass is 202 g/mol. The van der Waals surface area contributed by atoms with E-state index >= 15 is 0 Å². The molecule has 0 aliphatic carbocycles. The minimum atomic E-state index is 0.472. The smallest absolute Gasteiger partial charge is 0.155 e. The van der Waals surface area contributed by atoms with Crippen LogP contribution in [0, 0.1) is 0 Å². The Morgan fingerprint density at radius 1 is 1.40 bits per heavy atom. The Bertz CT molecular complexity index is 459. The van der Waals surface area contributed by atoms with Gasteiger partial charge in [0.2, 0.25) is 0 Å². The highest BCUT2D eigenvalue weighted by Gasteiger charge is 2.04. The number of anilines is 1. The molecule has 0 radical (unpaired) electrons. The third-order valence-electron chi connectivity index (χ3n) is 2.27. The molecule has 0 aliphatic rings. The van der Waals surface area contributed by atoms with Crippen LogP contribution in [-0.2, 0) is 0 Å². The van der Waals surface area contributed by atoms with E-state index in [-0.39, 0.29) is 0 Å². The number of pyridine rings is 1. The maximum absolute atomic E-state index is 5.68. The average molecular weight is 202 g/mol. The van der Waals surface area contributed by atoms with Crippen molar-refractivity contribution in [3.05, 3.63) is 36.3 Å². The molecule has 2 aromatic heterocycles. The zero-order valence-electron chi connectivity index (χ0n) is 8.88. The van der Waals surface area contributed by atoms with Gasteiger partial charge in [-0.25, -0.2) is 9.67 Å². The Labute approximate surface area is 88.8 Å². The molecule has 0 bridgehead atoms. The number of rotatable bonds is 2. The zero-order valence-corrected chi connectivity index (χ0v) is 8.88. The van der Waals surface area contributed by atoms with E-state index in [1.807, 2.05) is 12.4 Å². The molecule has 0 saturated heterocycles. The molecule has 0 aliphatic heterocycles. The van der Waals surface area contributed by atoms with Gasteiger partial charge in [0.05, 0.1) is 6.20 Å². The molecule has 2 N–H and O–H groups in total. The van der Waals surface area contributed by atoms with Gasteiger partial charge in [0.1, 0.15) is 0 Å². The lowest BCUT2D eigenvalue weighted by Gasteiger charge is -2.01. The Kier molecular flexibility index (Phi) is 2.41. The summed E-state index contributed by atoms with van der Waals surface area (Å²) in [5.41, 5.74) is 7.57. The number of nitrogen functional groups attached to an aromatic ring is 1. The molecule has 0 amide bonds. The van der Waals surface area contributed by atoms with E-state index in [0.29, 0.717) is 11.6 Å². The number of hydrogen-bond acceptors (Lipinski definition) is 3. The van der Waals surface area contributed by atoms with Gasteiger partial charge in [0.15, 0.2) is 5.82 Å². The molecular weight excluding hydrogens is 188 g/mol. The molecule has 0 spiro atoms. The van der Waals surface area contributed by atoms with E-state index in [0.717, 1.165) is 5.82 Å². The zero-order chi connectivity index (χ0) is 10.8. The second kappa shape index (κ2) is 3.73. The Balaban J connectivity index is 2.37. The molecular formula is C11H14N4. The molecule has 0 saturated carbocycles. The van der Waals surface area contributed by atoms with E-state index in [4.69, 9.17) is 5.73 Å². The van der Waals surface area contributed by atoms with Crippen molar-refractivity contribution in [1.82, 2.24) is 14.8 Å². The fraction of sp³-hybridized carbons (Fsp3) is 0.273. The number of hydrogen-bond donors (Lipinski definition) is 1. The summed E-state index contributed by atoms with van der Waals surface area (Å²) in [5.74, 6) is 1.22. The van der Waals surface area contributed by atoms with Gasteiger partial charge in [0, 0.05) is 24.1 Å². The highest BCUT2D eigenvalue weighted by atomic mass is 15.3. The van der Waals surface area contributed by atoms with E-state index in [1.165, 1.54) is 5.56 Å². The van der Waals surface area contributed by atoms with Crippen molar-refractivity contribution < 1.29 is 0 Å². The van der Waals surface area contributed by atoms with Crippen LogP contribution in [0.4, 0.5) is 5.69 Å². The van der Waals surface area contributed by atoms with Crippen LogP contribution in [-0.4, -0.2) is 14.8 Å². The summed E-state index contributed by atoms with van der Waals surface area (Å²) < 4.78 is 1.74. The van der Waals surface area contributed by atoms with Crippen LogP contribution in [0.3, 0.4) is 0 Å². The van der Waals surface area contributed by atoms with Crippen molar-refractivity contribution in [2.24, 2.45) is 0 Å². The third-order valence-corrected chi connectivity index (χ3v) is 2.27. The lowest BCUT2D eigenvalue weighted by Crippen LogP contribution is -1.98.